The zero-order valence-electron chi connectivity index (χ0n) is 19.6. The second-order valence-corrected chi connectivity index (χ2v) is 8.58. The standard InChI is InChI=1S/C24H22ClNO10S/c1-31-16-4-5-17(25)20(12-16)36-23-18(9-14(24(28)32-2)10-22(23)33-8-7-27)26(37(29)30)15-3-6-19-21(11-15)35-13-34-19/h3-6,9-12,27H,7-8,13H2,1-2H3,(H,29,30). The summed E-state index contributed by atoms with van der Waals surface area (Å²) in [6.45, 7) is -0.520. The third kappa shape index (κ3) is 5.67. The number of anilines is 2. The van der Waals surface area contributed by atoms with Gasteiger partial charge < -0.3 is 33.5 Å². The van der Waals surface area contributed by atoms with Gasteiger partial charge in [-0.05, 0) is 36.4 Å². The number of hydrogen-bond acceptors (Lipinski definition) is 9. The smallest absolute Gasteiger partial charge is 0.338 e. The number of methoxy groups -OCH3 is 2. The van der Waals surface area contributed by atoms with Crippen molar-refractivity contribution in [2.75, 3.05) is 38.5 Å². The summed E-state index contributed by atoms with van der Waals surface area (Å²) in [6.07, 6.45) is 0. The van der Waals surface area contributed by atoms with Crippen LogP contribution in [0.2, 0.25) is 5.02 Å². The quantitative estimate of drug-likeness (QED) is 0.277. The topological polar surface area (TPSA) is 133 Å². The van der Waals surface area contributed by atoms with E-state index in [0.29, 0.717) is 17.2 Å². The van der Waals surface area contributed by atoms with Crippen LogP contribution in [0.3, 0.4) is 0 Å². The maximum absolute atomic E-state index is 12.7. The maximum atomic E-state index is 12.7. The van der Waals surface area contributed by atoms with Crippen LogP contribution in [0.1, 0.15) is 10.4 Å². The molecule has 13 heteroatoms. The SMILES string of the molecule is COC(=O)c1cc(OCCO)c(Oc2cc(OC)ccc2Cl)c(N(c2ccc3c(c2)OCO3)S(=O)O)c1. The molecule has 0 bridgehead atoms. The Balaban J connectivity index is 1.95. The molecule has 0 saturated heterocycles. The number of benzene rings is 3. The number of hydrogen-bond donors (Lipinski definition) is 2. The predicted molar refractivity (Wildman–Crippen MR) is 134 cm³/mol. The van der Waals surface area contributed by atoms with Gasteiger partial charge in [-0.2, -0.15) is 0 Å². The largest absolute Gasteiger partial charge is 0.497 e. The van der Waals surface area contributed by atoms with E-state index in [2.05, 4.69) is 0 Å². The van der Waals surface area contributed by atoms with Crippen molar-refractivity contribution >= 4 is 40.2 Å². The first-order valence-electron chi connectivity index (χ1n) is 10.7. The van der Waals surface area contributed by atoms with Crippen LogP contribution in [-0.2, 0) is 16.0 Å². The van der Waals surface area contributed by atoms with E-state index < -0.39 is 17.2 Å². The van der Waals surface area contributed by atoms with Crippen LogP contribution >= 0.6 is 11.6 Å². The lowest BCUT2D eigenvalue weighted by Gasteiger charge is -2.25. The first kappa shape index (κ1) is 26.4. The van der Waals surface area contributed by atoms with Crippen LogP contribution in [-0.4, -0.2) is 54.1 Å². The van der Waals surface area contributed by atoms with Crippen LogP contribution in [0, 0.1) is 0 Å². The van der Waals surface area contributed by atoms with Crippen molar-refractivity contribution < 1.29 is 47.1 Å². The molecule has 0 spiro atoms. The lowest BCUT2D eigenvalue weighted by molar-refractivity contribution is 0.0600. The minimum Gasteiger partial charge on any atom is -0.497 e. The molecule has 4 rings (SSSR count). The number of carbonyl (C=O) groups excluding carboxylic acids is 1. The number of rotatable bonds is 10. The highest BCUT2D eigenvalue weighted by Crippen LogP contribution is 2.48. The summed E-state index contributed by atoms with van der Waals surface area (Å²) in [5.41, 5.74) is 0.155. The molecule has 3 aromatic rings. The molecular weight excluding hydrogens is 530 g/mol. The third-order valence-electron chi connectivity index (χ3n) is 5.12. The van der Waals surface area contributed by atoms with E-state index in [9.17, 15) is 18.7 Å². The van der Waals surface area contributed by atoms with Gasteiger partial charge >= 0.3 is 5.97 Å². The molecule has 0 saturated carbocycles. The van der Waals surface area contributed by atoms with Gasteiger partial charge in [0.2, 0.25) is 6.79 Å². The minimum atomic E-state index is -2.68. The Morgan fingerprint density at radius 2 is 1.86 bits per heavy atom. The van der Waals surface area contributed by atoms with Gasteiger partial charge in [0.15, 0.2) is 23.0 Å². The summed E-state index contributed by atoms with van der Waals surface area (Å²) in [4.78, 5) is 12.5. The number of ether oxygens (including phenoxy) is 6. The Bertz CT molecular complexity index is 1340. The first-order chi connectivity index (χ1) is 17.9. The number of aliphatic hydroxyl groups excluding tert-OH is 1. The lowest BCUT2D eigenvalue weighted by atomic mass is 10.1. The van der Waals surface area contributed by atoms with Crippen LogP contribution in [0.15, 0.2) is 48.5 Å². The molecule has 37 heavy (non-hydrogen) atoms. The Labute approximate surface area is 219 Å². The van der Waals surface area contributed by atoms with Gasteiger partial charge in [0, 0.05) is 12.1 Å². The number of halogens is 1. The van der Waals surface area contributed by atoms with Crippen molar-refractivity contribution in [2.24, 2.45) is 0 Å². The van der Waals surface area contributed by atoms with Crippen molar-refractivity contribution in [3.8, 4) is 34.5 Å². The molecule has 0 amide bonds. The van der Waals surface area contributed by atoms with Gasteiger partial charge in [0.1, 0.15) is 23.8 Å². The van der Waals surface area contributed by atoms with Gasteiger partial charge in [0.25, 0.3) is 11.3 Å². The normalized spacial score (nSPS) is 12.6. The van der Waals surface area contributed by atoms with Gasteiger partial charge in [-0.25, -0.2) is 13.3 Å². The lowest BCUT2D eigenvalue weighted by Crippen LogP contribution is -2.21. The molecule has 0 aromatic heterocycles. The molecule has 1 unspecified atom stereocenters. The Kier molecular flexibility index (Phi) is 8.24. The fraction of sp³-hybridized carbons (Fsp3) is 0.208. The van der Waals surface area contributed by atoms with Gasteiger partial charge in [-0.15, -0.1) is 0 Å². The number of aliphatic hydroxyl groups is 1. The number of esters is 1. The molecule has 11 nitrogen and oxygen atoms in total. The molecule has 0 aliphatic carbocycles. The molecule has 1 heterocycles. The van der Waals surface area contributed by atoms with Crippen molar-refractivity contribution in [1.82, 2.24) is 0 Å². The van der Waals surface area contributed by atoms with Crippen LogP contribution < -0.4 is 28.0 Å². The zero-order chi connectivity index (χ0) is 26.5. The molecule has 2 N–H and O–H groups in total. The molecule has 3 aromatic carbocycles. The van der Waals surface area contributed by atoms with Crippen LogP contribution in [0.5, 0.6) is 34.5 Å². The minimum absolute atomic E-state index is 0.000670. The van der Waals surface area contributed by atoms with E-state index in [4.69, 9.17) is 40.0 Å². The van der Waals surface area contributed by atoms with Crippen LogP contribution in [0.25, 0.3) is 0 Å². The summed E-state index contributed by atoms with van der Waals surface area (Å²) >= 11 is 3.67. The molecular formula is C24H22ClNO10S. The Morgan fingerprint density at radius 1 is 1.08 bits per heavy atom. The summed E-state index contributed by atoms with van der Waals surface area (Å²) in [5, 5.41) is 9.56. The zero-order valence-corrected chi connectivity index (χ0v) is 21.2. The van der Waals surface area contributed by atoms with E-state index in [-0.39, 0.29) is 59.2 Å². The molecule has 196 valence electrons. The van der Waals surface area contributed by atoms with Crippen molar-refractivity contribution in [3.05, 3.63) is 59.1 Å². The fourth-order valence-electron chi connectivity index (χ4n) is 3.46. The average molecular weight is 552 g/mol. The molecule has 1 atom stereocenters. The monoisotopic (exact) mass is 551 g/mol. The van der Waals surface area contributed by atoms with Crippen LogP contribution in [0.4, 0.5) is 11.4 Å². The van der Waals surface area contributed by atoms with E-state index in [1.807, 2.05) is 0 Å². The summed E-state index contributed by atoms with van der Waals surface area (Å²) in [6, 6.07) is 11.9. The molecule has 0 radical (unpaired) electrons. The fourth-order valence-corrected chi connectivity index (χ4v) is 4.22. The Morgan fingerprint density at radius 3 is 2.57 bits per heavy atom. The van der Waals surface area contributed by atoms with Gasteiger partial charge in [-0.1, -0.05) is 11.6 Å². The highest BCUT2D eigenvalue weighted by molar-refractivity contribution is 7.81. The summed E-state index contributed by atoms with van der Waals surface area (Å²) in [5.74, 6) is 0.544. The molecule has 1 aliphatic heterocycles. The summed E-state index contributed by atoms with van der Waals surface area (Å²) < 4.78 is 56.7. The van der Waals surface area contributed by atoms with E-state index in [0.717, 1.165) is 4.31 Å². The second-order valence-electron chi connectivity index (χ2n) is 7.35. The average Bonchev–Trinajstić information content (AvgIpc) is 3.37. The highest BCUT2D eigenvalue weighted by Gasteiger charge is 2.28. The third-order valence-corrected chi connectivity index (χ3v) is 6.15. The number of fused-ring (bicyclic) bond motifs is 1. The number of nitrogens with zero attached hydrogens (tertiary/aromatic N) is 1. The van der Waals surface area contributed by atoms with Gasteiger partial charge in [0.05, 0.1) is 37.1 Å². The molecule has 0 fully saturated rings. The molecule has 1 aliphatic rings. The predicted octanol–water partition coefficient (Wildman–Crippen LogP) is 4.30. The Hall–Kier alpha value is -3.71. The van der Waals surface area contributed by atoms with E-state index in [1.54, 1.807) is 18.2 Å². The first-order valence-corrected chi connectivity index (χ1v) is 12.1. The van der Waals surface area contributed by atoms with Crippen molar-refractivity contribution in [1.29, 1.82) is 0 Å². The van der Waals surface area contributed by atoms with Gasteiger partial charge in [-0.3, -0.25) is 4.55 Å². The van der Waals surface area contributed by atoms with E-state index in [1.165, 1.54) is 44.6 Å². The van der Waals surface area contributed by atoms with Crippen molar-refractivity contribution in [3.63, 3.8) is 0 Å². The number of carbonyl (C=O) groups is 1. The van der Waals surface area contributed by atoms with E-state index >= 15 is 0 Å². The summed E-state index contributed by atoms with van der Waals surface area (Å²) in [7, 11) is 2.66. The second kappa shape index (κ2) is 11.6. The highest BCUT2D eigenvalue weighted by atomic mass is 35.5. The maximum Gasteiger partial charge on any atom is 0.338 e. The van der Waals surface area contributed by atoms with Crippen molar-refractivity contribution in [2.45, 2.75) is 0 Å².